The lowest BCUT2D eigenvalue weighted by molar-refractivity contribution is 0.102. The molecular weight excluding hydrogens is 338 g/mol. The predicted molar refractivity (Wildman–Crippen MR) is 97.0 cm³/mol. The summed E-state index contributed by atoms with van der Waals surface area (Å²) in [5.41, 5.74) is 2.61. The monoisotopic (exact) mass is 356 g/mol. The zero-order valence-corrected chi connectivity index (χ0v) is 14.3. The molecular formula is C19H18F2N4O. The van der Waals surface area contributed by atoms with Crippen molar-refractivity contribution in [1.29, 1.82) is 0 Å². The molecule has 5 nitrogen and oxygen atoms in total. The van der Waals surface area contributed by atoms with Crippen LogP contribution < -0.4 is 10.6 Å². The molecule has 0 saturated carbocycles. The molecule has 0 aliphatic carbocycles. The highest BCUT2D eigenvalue weighted by Gasteiger charge is 2.17. The lowest BCUT2D eigenvalue weighted by atomic mass is 10.1. The molecule has 0 fully saturated rings. The van der Waals surface area contributed by atoms with Crippen molar-refractivity contribution in [1.82, 2.24) is 9.78 Å². The molecule has 134 valence electrons. The summed E-state index contributed by atoms with van der Waals surface area (Å²) in [6, 6.07) is 15.9. The normalized spacial score (nSPS) is 10.8. The summed E-state index contributed by atoms with van der Waals surface area (Å²) in [7, 11) is 1.50. The number of carbonyl (C=O) groups excluding carboxylic acids is 1. The van der Waals surface area contributed by atoms with Gasteiger partial charge in [0.2, 0.25) is 0 Å². The summed E-state index contributed by atoms with van der Waals surface area (Å²) in [6.07, 6.45) is -2.69. The fourth-order valence-electron chi connectivity index (χ4n) is 2.48. The zero-order valence-electron chi connectivity index (χ0n) is 14.3. The Morgan fingerprint density at radius 2 is 1.81 bits per heavy atom. The molecule has 1 amide bonds. The molecule has 2 N–H and O–H groups in total. The fraction of sp³-hybridized carbons (Fsp3) is 0.158. The molecule has 0 aliphatic rings. The number of amides is 1. The van der Waals surface area contributed by atoms with Crippen molar-refractivity contribution in [2.24, 2.45) is 7.05 Å². The number of aromatic nitrogens is 2. The van der Waals surface area contributed by atoms with Gasteiger partial charge in [-0.2, -0.15) is 5.10 Å². The first-order valence-electron chi connectivity index (χ1n) is 8.00. The first-order valence-corrected chi connectivity index (χ1v) is 8.00. The topological polar surface area (TPSA) is 59.0 Å². The number of alkyl halides is 2. The van der Waals surface area contributed by atoms with Crippen LogP contribution in [-0.4, -0.2) is 15.7 Å². The second kappa shape index (κ2) is 7.35. The summed E-state index contributed by atoms with van der Waals surface area (Å²) in [4.78, 5) is 12.6. The van der Waals surface area contributed by atoms with Crippen LogP contribution in [0, 0.1) is 6.92 Å². The van der Waals surface area contributed by atoms with E-state index < -0.39 is 12.3 Å². The standard InChI is InChI=1S/C19H18F2N4O/c1-12-7-9-13(10-8-12)22-15-6-4-3-5-14(15)19(26)23-17-11-16(18(20)21)24-25(17)2/h3-11,18,22H,1-2H3,(H,23,26). The minimum absolute atomic E-state index is 0.204. The van der Waals surface area contributed by atoms with Crippen LogP contribution in [0.5, 0.6) is 0 Å². The molecule has 0 aliphatic heterocycles. The van der Waals surface area contributed by atoms with Crippen molar-refractivity contribution >= 4 is 23.1 Å². The average Bonchev–Trinajstić information content (AvgIpc) is 2.98. The first kappa shape index (κ1) is 17.6. The summed E-state index contributed by atoms with van der Waals surface area (Å²) < 4.78 is 26.7. The third kappa shape index (κ3) is 3.88. The molecule has 1 aromatic heterocycles. The van der Waals surface area contributed by atoms with Crippen LogP contribution in [0.3, 0.4) is 0 Å². The van der Waals surface area contributed by atoms with Gasteiger partial charge < -0.3 is 10.6 Å². The Balaban J connectivity index is 1.82. The largest absolute Gasteiger partial charge is 0.355 e. The van der Waals surface area contributed by atoms with E-state index in [2.05, 4.69) is 15.7 Å². The maximum Gasteiger partial charge on any atom is 0.282 e. The number of benzene rings is 2. The van der Waals surface area contributed by atoms with Crippen LogP contribution in [0.15, 0.2) is 54.6 Å². The number of hydrogen-bond acceptors (Lipinski definition) is 3. The maximum absolute atomic E-state index is 12.8. The molecule has 2 aromatic carbocycles. The van der Waals surface area contributed by atoms with Gasteiger partial charge in [-0.1, -0.05) is 29.8 Å². The Hall–Kier alpha value is -3.22. The van der Waals surface area contributed by atoms with Crippen molar-refractivity contribution in [2.75, 3.05) is 10.6 Å². The van der Waals surface area contributed by atoms with E-state index in [0.29, 0.717) is 11.3 Å². The summed E-state index contributed by atoms with van der Waals surface area (Å²) in [6.45, 7) is 1.99. The van der Waals surface area contributed by atoms with E-state index in [1.165, 1.54) is 17.8 Å². The molecule has 3 rings (SSSR count). The van der Waals surface area contributed by atoms with E-state index >= 15 is 0 Å². The molecule has 0 saturated heterocycles. The van der Waals surface area contributed by atoms with E-state index in [9.17, 15) is 13.6 Å². The lowest BCUT2D eigenvalue weighted by Crippen LogP contribution is -2.16. The molecule has 0 bridgehead atoms. The Morgan fingerprint density at radius 3 is 2.46 bits per heavy atom. The van der Waals surface area contributed by atoms with Crippen molar-refractivity contribution < 1.29 is 13.6 Å². The number of aryl methyl sites for hydroxylation is 2. The van der Waals surface area contributed by atoms with Crippen LogP contribution in [0.4, 0.5) is 26.0 Å². The molecule has 0 atom stereocenters. The van der Waals surface area contributed by atoms with E-state index in [4.69, 9.17) is 0 Å². The fourth-order valence-corrected chi connectivity index (χ4v) is 2.48. The van der Waals surface area contributed by atoms with E-state index in [-0.39, 0.29) is 11.5 Å². The molecule has 26 heavy (non-hydrogen) atoms. The summed E-state index contributed by atoms with van der Waals surface area (Å²) >= 11 is 0. The Bertz CT molecular complexity index is 920. The van der Waals surface area contributed by atoms with Gasteiger partial charge >= 0.3 is 0 Å². The minimum atomic E-state index is -2.69. The van der Waals surface area contributed by atoms with Gasteiger partial charge in [-0.15, -0.1) is 0 Å². The van der Waals surface area contributed by atoms with E-state index in [1.807, 2.05) is 37.3 Å². The van der Waals surface area contributed by atoms with Crippen molar-refractivity contribution in [3.63, 3.8) is 0 Å². The molecule has 7 heteroatoms. The van der Waals surface area contributed by atoms with Gasteiger partial charge in [0.1, 0.15) is 11.5 Å². The predicted octanol–water partition coefficient (Wildman–Crippen LogP) is 4.66. The highest BCUT2D eigenvalue weighted by atomic mass is 19.3. The Kier molecular flexibility index (Phi) is 4.97. The van der Waals surface area contributed by atoms with E-state index in [0.717, 1.165) is 11.3 Å². The summed E-state index contributed by atoms with van der Waals surface area (Å²) in [5.74, 6) is -0.209. The maximum atomic E-state index is 12.8. The van der Waals surface area contributed by atoms with Gasteiger partial charge in [0.25, 0.3) is 12.3 Å². The van der Waals surface area contributed by atoms with Crippen LogP contribution in [0.25, 0.3) is 0 Å². The van der Waals surface area contributed by atoms with Gasteiger partial charge in [0.05, 0.1) is 11.3 Å². The number of hydrogen-bond donors (Lipinski definition) is 2. The third-order valence-corrected chi connectivity index (χ3v) is 3.87. The Labute approximate surface area is 149 Å². The van der Waals surface area contributed by atoms with Crippen LogP contribution >= 0.6 is 0 Å². The molecule has 1 heterocycles. The van der Waals surface area contributed by atoms with Crippen molar-refractivity contribution in [3.8, 4) is 0 Å². The smallest absolute Gasteiger partial charge is 0.282 e. The molecule has 0 unspecified atom stereocenters. The minimum Gasteiger partial charge on any atom is -0.355 e. The number of rotatable bonds is 5. The van der Waals surface area contributed by atoms with Crippen LogP contribution in [-0.2, 0) is 7.05 Å². The summed E-state index contributed by atoms with van der Waals surface area (Å²) in [5, 5.41) is 9.52. The lowest BCUT2D eigenvalue weighted by Gasteiger charge is -2.12. The Morgan fingerprint density at radius 1 is 1.12 bits per heavy atom. The highest BCUT2D eigenvalue weighted by Crippen LogP contribution is 2.24. The second-order valence-corrected chi connectivity index (χ2v) is 5.87. The number of nitrogens with one attached hydrogen (secondary N) is 2. The van der Waals surface area contributed by atoms with Gasteiger partial charge in [-0.05, 0) is 31.2 Å². The van der Waals surface area contributed by atoms with Gasteiger partial charge in [-0.3, -0.25) is 9.48 Å². The van der Waals surface area contributed by atoms with Gasteiger partial charge in [0, 0.05) is 18.8 Å². The zero-order chi connectivity index (χ0) is 18.7. The van der Waals surface area contributed by atoms with Crippen molar-refractivity contribution in [3.05, 3.63) is 71.4 Å². The average molecular weight is 356 g/mol. The van der Waals surface area contributed by atoms with Gasteiger partial charge in [0.15, 0.2) is 0 Å². The quantitative estimate of drug-likeness (QED) is 0.699. The van der Waals surface area contributed by atoms with Crippen LogP contribution in [0.1, 0.15) is 28.0 Å². The first-order chi connectivity index (χ1) is 12.4. The number of nitrogens with zero attached hydrogens (tertiary/aromatic N) is 2. The highest BCUT2D eigenvalue weighted by molar-refractivity contribution is 6.08. The third-order valence-electron chi connectivity index (χ3n) is 3.87. The second-order valence-electron chi connectivity index (χ2n) is 5.87. The van der Waals surface area contributed by atoms with Crippen molar-refractivity contribution in [2.45, 2.75) is 13.3 Å². The van der Waals surface area contributed by atoms with Crippen LogP contribution in [0.2, 0.25) is 0 Å². The molecule has 0 spiro atoms. The molecule has 3 aromatic rings. The number of para-hydroxylation sites is 1. The van der Waals surface area contributed by atoms with E-state index in [1.54, 1.807) is 18.2 Å². The van der Waals surface area contributed by atoms with Gasteiger partial charge in [-0.25, -0.2) is 8.78 Å². The number of halogens is 2. The number of anilines is 3. The molecule has 0 radical (unpaired) electrons. The number of carbonyl (C=O) groups is 1. The SMILES string of the molecule is Cc1ccc(Nc2ccccc2C(=O)Nc2cc(C(F)F)nn2C)cc1.